The van der Waals surface area contributed by atoms with E-state index in [0.717, 1.165) is 27.8 Å². The maximum atomic E-state index is 5.94. The van der Waals surface area contributed by atoms with E-state index in [2.05, 4.69) is 0 Å². The Hall–Kier alpha value is -1.87. The molecule has 0 heterocycles. The van der Waals surface area contributed by atoms with Crippen LogP contribution in [0.25, 0.3) is 0 Å². The van der Waals surface area contributed by atoms with Crippen LogP contribution in [0.1, 0.15) is 5.56 Å². The lowest BCUT2D eigenvalue weighted by molar-refractivity contribution is 0.217. The highest BCUT2D eigenvalue weighted by molar-refractivity contribution is 6.31. The average Bonchev–Trinajstić information content (AvgIpc) is 2.41. The van der Waals surface area contributed by atoms with E-state index < -0.39 is 0 Å². The Morgan fingerprint density at radius 2 is 1.53 bits per heavy atom. The van der Waals surface area contributed by atoms with Crippen molar-refractivity contribution in [2.75, 3.05) is 18.9 Å². The lowest BCUT2D eigenvalue weighted by Crippen LogP contribution is -2.09. The minimum atomic E-state index is 0.478. The zero-order valence-electron chi connectivity index (χ0n) is 10.7. The highest BCUT2D eigenvalue weighted by atomic mass is 35.5. The van der Waals surface area contributed by atoms with Gasteiger partial charge in [-0.15, -0.1) is 0 Å². The van der Waals surface area contributed by atoms with Crippen LogP contribution in [0.2, 0.25) is 5.02 Å². The second kappa shape index (κ2) is 6.34. The number of hydrogen-bond donors (Lipinski definition) is 1. The van der Waals surface area contributed by atoms with Crippen molar-refractivity contribution in [3.8, 4) is 11.5 Å². The number of halogens is 1. The fraction of sp³-hybridized carbons (Fsp3) is 0.200. The summed E-state index contributed by atoms with van der Waals surface area (Å²) in [6.45, 7) is 2.90. The van der Waals surface area contributed by atoms with Crippen LogP contribution in [0, 0.1) is 6.92 Å². The minimum Gasteiger partial charge on any atom is -0.490 e. The molecule has 4 heteroatoms. The Bertz CT molecular complexity index is 540. The fourth-order valence-corrected chi connectivity index (χ4v) is 1.71. The molecule has 0 aliphatic heterocycles. The SMILES string of the molecule is Cc1cc(OCCOc2ccc(N)cc2)ccc1Cl. The standard InChI is InChI=1S/C15H16ClNO2/c1-11-10-14(6-7-15(11)16)19-9-8-18-13-4-2-12(17)3-5-13/h2-7,10H,8-9,17H2,1H3. The molecule has 0 bridgehead atoms. The van der Waals surface area contributed by atoms with Crippen molar-refractivity contribution in [1.29, 1.82) is 0 Å². The van der Waals surface area contributed by atoms with Gasteiger partial charge in [0.05, 0.1) is 0 Å². The number of rotatable bonds is 5. The number of anilines is 1. The van der Waals surface area contributed by atoms with E-state index in [1.165, 1.54) is 0 Å². The monoisotopic (exact) mass is 277 g/mol. The zero-order chi connectivity index (χ0) is 13.7. The van der Waals surface area contributed by atoms with Gasteiger partial charge >= 0.3 is 0 Å². The summed E-state index contributed by atoms with van der Waals surface area (Å²) in [5.41, 5.74) is 7.31. The van der Waals surface area contributed by atoms with Crippen LogP contribution >= 0.6 is 11.6 Å². The molecule has 0 aliphatic carbocycles. The van der Waals surface area contributed by atoms with Gasteiger partial charge in [0.25, 0.3) is 0 Å². The Morgan fingerprint density at radius 1 is 0.947 bits per heavy atom. The lowest BCUT2D eigenvalue weighted by atomic mass is 10.2. The van der Waals surface area contributed by atoms with Crippen LogP contribution < -0.4 is 15.2 Å². The maximum Gasteiger partial charge on any atom is 0.122 e. The van der Waals surface area contributed by atoms with E-state index in [1.807, 2.05) is 37.3 Å². The van der Waals surface area contributed by atoms with Gasteiger partial charge in [0, 0.05) is 10.7 Å². The van der Waals surface area contributed by atoms with Crippen molar-refractivity contribution in [1.82, 2.24) is 0 Å². The van der Waals surface area contributed by atoms with E-state index in [1.54, 1.807) is 12.1 Å². The molecule has 0 aliphatic rings. The fourth-order valence-electron chi connectivity index (χ4n) is 1.59. The first-order valence-electron chi connectivity index (χ1n) is 6.02. The van der Waals surface area contributed by atoms with Crippen molar-refractivity contribution in [3.63, 3.8) is 0 Å². The van der Waals surface area contributed by atoms with Crippen molar-refractivity contribution in [3.05, 3.63) is 53.1 Å². The van der Waals surface area contributed by atoms with Gasteiger partial charge in [-0.25, -0.2) is 0 Å². The summed E-state index contributed by atoms with van der Waals surface area (Å²) in [4.78, 5) is 0. The molecule has 0 aromatic heterocycles. The normalized spacial score (nSPS) is 10.2. The predicted octanol–water partition coefficient (Wildman–Crippen LogP) is 3.69. The van der Waals surface area contributed by atoms with Crippen molar-refractivity contribution in [2.24, 2.45) is 0 Å². The molecular formula is C15H16ClNO2. The minimum absolute atomic E-state index is 0.478. The maximum absolute atomic E-state index is 5.94. The second-order valence-corrected chi connectivity index (χ2v) is 4.58. The molecule has 0 spiro atoms. The topological polar surface area (TPSA) is 44.5 Å². The third-order valence-corrected chi connectivity index (χ3v) is 3.05. The molecule has 100 valence electrons. The largest absolute Gasteiger partial charge is 0.490 e. The van der Waals surface area contributed by atoms with Gasteiger partial charge < -0.3 is 15.2 Å². The number of aryl methyl sites for hydroxylation is 1. The number of hydrogen-bond acceptors (Lipinski definition) is 3. The van der Waals surface area contributed by atoms with Crippen LogP contribution in [0.5, 0.6) is 11.5 Å². The third kappa shape index (κ3) is 4.07. The summed E-state index contributed by atoms with van der Waals surface area (Å²) in [6, 6.07) is 12.9. The molecule has 0 unspecified atom stereocenters. The first-order valence-corrected chi connectivity index (χ1v) is 6.40. The van der Waals surface area contributed by atoms with Crippen LogP contribution in [-0.2, 0) is 0 Å². The summed E-state index contributed by atoms with van der Waals surface area (Å²) in [5, 5.41) is 0.741. The predicted molar refractivity (Wildman–Crippen MR) is 78.0 cm³/mol. The van der Waals surface area contributed by atoms with Crippen LogP contribution in [0.4, 0.5) is 5.69 Å². The van der Waals surface area contributed by atoms with Crippen LogP contribution in [0.3, 0.4) is 0 Å². The smallest absolute Gasteiger partial charge is 0.122 e. The molecule has 19 heavy (non-hydrogen) atoms. The van der Waals surface area contributed by atoms with Gasteiger partial charge in [-0.2, -0.15) is 0 Å². The molecule has 2 aromatic carbocycles. The first-order chi connectivity index (χ1) is 9.15. The zero-order valence-corrected chi connectivity index (χ0v) is 11.5. The van der Waals surface area contributed by atoms with Gasteiger partial charge in [0.1, 0.15) is 24.7 Å². The lowest BCUT2D eigenvalue weighted by Gasteiger charge is -2.09. The Kier molecular flexibility index (Phi) is 4.53. The average molecular weight is 278 g/mol. The first kappa shape index (κ1) is 13.6. The summed E-state index contributed by atoms with van der Waals surface area (Å²) in [5.74, 6) is 1.58. The number of nitrogen functional groups attached to an aromatic ring is 1. The molecule has 0 fully saturated rings. The number of benzene rings is 2. The van der Waals surface area contributed by atoms with E-state index in [-0.39, 0.29) is 0 Å². The van der Waals surface area contributed by atoms with Gasteiger partial charge in [-0.05, 0) is 55.0 Å². The number of nitrogens with two attached hydrogens (primary N) is 1. The summed E-state index contributed by atoms with van der Waals surface area (Å²) < 4.78 is 11.1. The summed E-state index contributed by atoms with van der Waals surface area (Å²) in [7, 11) is 0. The highest BCUT2D eigenvalue weighted by Crippen LogP contribution is 2.21. The van der Waals surface area contributed by atoms with Gasteiger partial charge in [-0.3, -0.25) is 0 Å². The third-order valence-electron chi connectivity index (χ3n) is 2.63. The second-order valence-electron chi connectivity index (χ2n) is 4.18. The molecule has 2 aromatic rings. The Labute approximate surface area is 117 Å². The van der Waals surface area contributed by atoms with Crippen molar-refractivity contribution in [2.45, 2.75) is 6.92 Å². The molecule has 0 saturated heterocycles. The van der Waals surface area contributed by atoms with E-state index in [0.29, 0.717) is 13.2 Å². The number of ether oxygens (including phenoxy) is 2. The van der Waals surface area contributed by atoms with E-state index in [9.17, 15) is 0 Å². The van der Waals surface area contributed by atoms with Gasteiger partial charge in [0.2, 0.25) is 0 Å². The van der Waals surface area contributed by atoms with Gasteiger partial charge in [0.15, 0.2) is 0 Å². The quantitative estimate of drug-likeness (QED) is 0.670. The summed E-state index contributed by atoms with van der Waals surface area (Å²) >= 11 is 5.94. The van der Waals surface area contributed by atoms with Crippen molar-refractivity contribution >= 4 is 17.3 Å². The van der Waals surface area contributed by atoms with Gasteiger partial charge in [-0.1, -0.05) is 11.6 Å². The van der Waals surface area contributed by atoms with Crippen LogP contribution in [0.15, 0.2) is 42.5 Å². The molecule has 3 nitrogen and oxygen atoms in total. The highest BCUT2D eigenvalue weighted by Gasteiger charge is 1.99. The molecule has 0 radical (unpaired) electrons. The molecule has 0 amide bonds. The molecule has 2 N–H and O–H groups in total. The molecular weight excluding hydrogens is 262 g/mol. The molecule has 2 rings (SSSR count). The van der Waals surface area contributed by atoms with E-state index >= 15 is 0 Å². The summed E-state index contributed by atoms with van der Waals surface area (Å²) in [6.07, 6.45) is 0. The Morgan fingerprint density at radius 3 is 2.16 bits per heavy atom. The van der Waals surface area contributed by atoms with Crippen molar-refractivity contribution < 1.29 is 9.47 Å². The van der Waals surface area contributed by atoms with Crippen LogP contribution in [-0.4, -0.2) is 13.2 Å². The Balaban J connectivity index is 1.77. The molecule has 0 atom stereocenters. The van der Waals surface area contributed by atoms with E-state index in [4.69, 9.17) is 26.8 Å². The molecule has 0 saturated carbocycles.